The van der Waals surface area contributed by atoms with E-state index in [0.717, 1.165) is 24.5 Å². The van der Waals surface area contributed by atoms with E-state index in [9.17, 15) is 0 Å². The van der Waals surface area contributed by atoms with Gasteiger partial charge in [-0.1, -0.05) is 24.3 Å². The van der Waals surface area contributed by atoms with E-state index in [2.05, 4.69) is 53.1 Å². The molecule has 0 fully saturated rings. The topological polar surface area (TPSA) is 42.7 Å². The number of nitrogens with one attached hydrogen (secondary N) is 1. The summed E-state index contributed by atoms with van der Waals surface area (Å²) >= 11 is 0. The molecular weight excluding hydrogens is 260 g/mol. The van der Waals surface area contributed by atoms with Crippen molar-refractivity contribution in [2.45, 2.75) is 33.0 Å². The van der Waals surface area contributed by atoms with Gasteiger partial charge >= 0.3 is 0 Å². The van der Waals surface area contributed by atoms with Gasteiger partial charge in [0.1, 0.15) is 0 Å². The predicted molar refractivity (Wildman–Crippen MR) is 84.9 cm³/mol. The fourth-order valence-corrected chi connectivity index (χ4v) is 2.55. The molecule has 4 heteroatoms. The van der Waals surface area contributed by atoms with Crippen molar-refractivity contribution in [3.05, 3.63) is 60.0 Å². The summed E-state index contributed by atoms with van der Waals surface area (Å²) in [6.45, 7) is 5.87. The van der Waals surface area contributed by atoms with Crippen LogP contribution in [0, 0.1) is 0 Å². The number of hydrogen-bond acceptors (Lipinski definition) is 3. The van der Waals surface area contributed by atoms with Crippen LogP contribution in [-0.2, 0) is 13.1 Å². The lowest BCUT2D eigenvalue weighted by atomic mass is 10.2. The van der Waals surface area contributed by atoms with Crippen LogP contribution in [0.4, 0.5) is 0 Å². The van der Waals surface area contributed by atoms with Crippen molar-refractivity contribution in [3.8, 4) is 0 Å². The maximum Gasteiger partial charge on any atom is 0.0841 e. The zero-order chi connectivity index (χ0) is 14.7. The van der Waals surface area contributed by atoms with Gasteiger partial charge in [0.25, 0.3) is 0 Å². The Morgan fingerprint density at radius 1 is 1.14 bits per heavy atom. The zero-order valence-electron chi connectivity index (χ0n) is 12.5. The van der Waals surface area contributed by atoms with Gasteiger partial charge in [0, 0.05) is 30.7 Å². The van der Waals surface area contributed by atoms with E-state index >= 15 is 0 Å². The summed E-state index contributed by atoms with van der Waals surface area (Å²) in [7, 11) is 0. The van der Waals surface area contributed by atoms with Crippen LogP contribution < -0.4 is 5.32 Å². The van der Waals surface area contributed by atoms with Gasteiger partial charge in [-0.2, -0.15) is 5.10 Å². The van der Waals surface area contributed by atoms with Crippen molar-refractivity contribution in [3.63, 3.8) is 0 Å². The summed E-state index contributed by atoms with van der Waals surface area (Å²) in [6, 6.07) is 14.6. The fraction of sp³-hybridized carbons (Fsp3) is 0.294. The van der Waals surface area contributed by atoms with E-state index in [1.807, 2.05) is 24.4 Å². The summed E-state index contributed by atoms with van der Waals surface area (Å²) in [5.41, 5.74) is 3.34. The van der Waals surface area contributed by atoms with E-state index in [4.69, 9.17) is 5.10 Å². The van der Waals surface area contributed by atoms with Gasteiger partial charge in [-0.25, -0.2) is 0 Å². The molecule has 3 aromatic rings. The Morgan fingerprint density at radius 3 is 2.71 bits per heavy atom. The first-order chi connectivity index (χ1) is 10.3. The largest absolute Gasteiger partial charge is 0.303 e. The third kappa shape index (κ3) is 2.81. The third-order valence-corrected chi connectivity index (χ3v) is 3.74. The lowest BCUT2D eigenvalue weighted by Gasteiger charge is -2.12. The standard InChI is InChI=1S/C17H20N4/c1-3-21-17-10-5-4-8-14(17)16(20-21)12-19-13(2)15-9-6-7-11-18-15/h4-11,13,19H,3,12H2,1-2H3/t13-/m1/s1. The Kier molecular flexibility index (Phi) is 3.97. The normalized spacial score (nSPS) is 12.7. The van der Waals surface area contributed by atoms with Gasteiger partial charge in [0.05, 0.1) is 16.9 Å². The number of pyridine rings is 1. The molecule has 1 N–H and O–H groups in total. The molecule has 0 saturated heterocycles. The van der Waals surface area contributed by atoms with E-state index in [1.54, 1.807) is 0 Å². The number of para-hydroxylation sites is 1. The summed E-state index contributed by atoms with van der Waals surface area (Å²) in [5.74, 6) is 0. The number of fused-ring (bicyclic) bond motifs is 1. The maximum absolute atomic E-state index is 4.71. The van der Waals surface area contributed by atoms with Crippen LogP contribution >= 0.6 is 0 Å². The van der Waals surface area contributed by atoms with Gasteiger partial charge in [0.15, 0.2) is 0 Å². The van der Waals surface area contributed by atoms with E-state index in [1.165, 1.54) is 10.9 Å². The molecule has 0 bridgehead atoms. The first kappa shape index (κ1) is 13.8. The van der Waals surface area contributed by atoms with Crippen LogP contribution in [0.2, 0.25) is 0 Å². The lowest BCUT2D eigenvalue weighted by Crippen LogP contribution is -2.19. The molecule has 0 spiro atoms. The van der Waals surface area contributed by atoms with Crippen molar-refractivity contribution >= 4 is 10.9 Å². The number of benzene rings is 1. The highest BCUT2D eigenvalue weighted by molar-refractivity contribution is 5.81. The quantitative estimate of drug-likeness (QED) is 0.779. The number of nitrogens with zero attached hydrogens (tertiary/aromatic N) is 3. The Hall–Kier alpha value is -2.20. The van der Waals surface area contributed by atoms with E-state index < -0.39 is 0 Å². The second kappa shape index (κ2) is 6.06. The number of hydrogen-bond donors (Lipinski definition) is 1. The van der Waals surface area contributed by atoms with E-state index in [-0.39, 0.29) is 6.04 Å². The summed E-state index contributed by atoms with van der Waals surface area (Å²) < 4.78 is 2.05. The molecule has 0 unspecified atom stereocenters. The Morgan fingerprint density at radius 2 is 1.95 bits per heavy atom. The highest BCUT2D eigenvalue weighted by Gasteiger charge is 2.11. The molecule has 21 heavy (non-hydrogen) atoms. The fourth-order valence-electron chi connectivity index (χ4n) is 2.55. The van der Waals surface area contributed by atoms with Gasteiger partial charge in [0.2, 0.25) is 0 Å². The minimum atomic E-state index is 0.205. The number of aryl methyl sites for hydroxylation is 1. The van der Waals surface area contributed by atoms with Crippen molar-refractivity contribution in [1.29, 1.82) is 0 Å². The van der Waals surface area contributed by atoms with Crippen molar-refractivity contribution in [2.24, 2.45) is 0 Å². The molecule has 1 atom stereocenters. The van der Waals surface area contributed by atoms with Gasteiger partial charge in [-0.05, 0) is 32.0 Å². The number of aromatic nitrogens is 3. The first-order valence-corrected chi connectivity index (χ1v) is 7.38. The average Bonchev–Trinajstić information content (AvgIpc) is 2.91. The molecule has 0 amide bonds. The maximum atomic E-state index is 4.71. The van der Waals surface area contributed by atoms with Crippen molar-refractivity contribution in [2.75, 3.05) is 0 Å². The highest BCUT2D eigenvalue weighted by atomic mass is 15.3. The molecule has 0 aliphatic carbocycles. The minimum Gasteiger partial charge on any atom is -0.303 e. The average molecular weight is 280 g/mol. The van der Waals surface area contributed by atoms with Crippen molar-refractivity contribution < 1.29 is 0 Å². The molecule has 0 saturated carbocycles. The second-order valence-electron chi connectivity index (χ2n) is 5.14. The molecule has 0 aliphatic rings. The molecule has 0 radical (unpaired) electrons. The molecule has 108 valence electrons. The van der Waals surface area contributed by atoms with Gasteiger partial charge in [-0.3, -0.25) is 9.67 Å². The van der Waals surface area contributed by atoms with Crippen LogP contribution in [0.25, 0.3) is 10.9 Å². The number of rotatable bonds is 5. The Labute approximate surface area is 124 Å². The molecule has 3 rings (SSSR count). The van der Waals surface area contributed by atoms with Crippen LogP contribution in [0.3, 0.4) is 0 Å². The van der Waals surface area contributed by atoms with Crippen LogP contribution in [0.5, 0.6) is 0 Å². The van der Waals surface area contributed by atoms with Crippen LogP contribution in [0.15, 0.2) is 48.7 Å². The molecule has 0 aliphatic heterocycles. The molecule has 1 aromatic carbocycles. The summed E-state index contributed by atoms with van der Waals surface area (Å²) in [6.07, 6.45) is 1.83. The molecule has 4 nitrogen and oxygen atoms in total. The Balaban J connectivity index is 1.79. The minimum absolute atomic E-state index is 0.205. The zero-order valence-corrected chi connectivity index (χ0v) is 12.5. The monoisotopic (exact) mass is 280 g/mol. The van der Waals surface area contributed by atoms with Gasteiger partial charge in [-0.15, -0.1) is 0 Å². The molecular formula is C17H20N4. The van der Waals surface area contributed by atoms with Gasteiger partial charge < -0.3 is 5.32 Å². The van der Waals surface area contributed by atoms with Crippen LogP contribution in [0.1, 0.15) is 31.3 Å². The van der Waals surface area contributed by atoms with E-state index in [0.29, 0.717) is 0 Å². The van der Waals surface area contributed by atoms with Crippen LogP contribution in [-0.4, -0.2) is 14.8 Å². The first-order valence-electron chi connectivity index (χ1n) is 7.38. The molecule has 2 aromatic heterocycles. The lowest BCUT2D eigenvalue weighted by molar-refractivity contribution is 0.548. The Bertz CT molecular complexity index is 718. The highest BCUT2D eigenvalue weighted by Crippen LogP contribution is 2.19. The molecule has 2 heterocycles. The smallest absolute Gasteiger partial charge is 0.0841 e. The summed E-state index contributed by atoms with van der Waals surface area (Å²) in [5, 5.41) is 9.44. The predicted octanol–water partition coefficient (Wildman–Crippen LogP) is 3.30. The van der Waals surface area contributed by atoms with Crippen molar-refractivity contribution in [1.82, 2.24) is 20.1 Å². The SMILES string of the molecule is CCn1nc(CN[C@H](C)c2ccccn2)c2ccccc21. The second-order valence-corrected chi connectivity index (χ2v) is 5.14. The summed E-state index contributed by atoms with van der Waals surface area (Å²) in [4.78, 5) is 4.39. The third-order valence-electron chi connectivity index (χ3n) is 3.74.